The molecule has 1 aromatic heterocycles. The van der Waals surface area contributed by atoms with E-state index in [1.54, 1.807) is 0 Å². The number of ether oxygens (including phenoxy) is 2. The molecule has 1 N–H and O–H groups in total. The lowest BCUT2D eigenvalue weighted by molar-refractivity contribution is 0.174. The number of hydrogen-bond acceptors (Lipinski definition) is 3. The number of nitrogens with zero attached hydrogens (tertiary/aromatic N) is 1. The minimum absolute atomic E-state index is 0.334. The Hall–Kier alpha value is -1.68. The molecule has 0 spiro atoms. The third kappa shape index (κ3) is 2.14. The van der Waals surface area contributed by atoms with Crippen LogP contribution in [0.2, 0.25) is 0 Å². The molecule has 1 aromatic carbocycles. The quantitative estimate of drug-likeness (QED) is 0.852. The Bertz CT molecular complexity index is 631. The van der Waals surface area contributed by atoms with Crippen LogP contribution in [0.5, 0.6) is 11.5 Å². The zero-order valence-electron chi connectivity index (χ0n) is 12.5. The van der Waals surface area contributed by atoms with Gasteiger partial charge >= 0.3 is 0 Å². The fourth-order valence-corrected chi connectivity index (χ4v) is 2.91. The van der Waals surface area contributed by atoms with Crippen LogP contribution in [-0.2, 0) is 13.5 Å². The summed E-state index contributed by atoms with van der Waals surface area (Å²) in [5, 5.41) is 4.68. The first kappa shape index (κ1) is 13.3. The summed E-state index contributed by atoms with van der Waals surface area (Å²) in [4.78, 5) is 0. The molecule has 1 aliphatic heterocycles. The average Bonchev–Trinajstić information content (AvgIpc) is 2.99. The van der Waals surface area contributed by atoms with E-state index in [4.69, 9.17) is 9.47 Å². The molecule has 2 heterocycles. The summed E-state index contributed by atoms with van der Waals surface area (Å²) in [6.45, 7) is 6.77. The van der Waals surface area contributed by atoms with Gasteiger partial charge in [-0.2, -0.15) is 0 Å². The van der Waals surface area contributed by atoms with Crippen molar-refractivity contribution < 1.29 is 9.47 Å². The fraction of sp³-hybridized carbons (Fsp3) is 0.500. The van der Waals surface area contributed by atoms with Gasteiger partial charge in [0.25, 0.3) is 0 Å². The number of aryl methyl sites for hydroxylation is 2. The fourth-order valence-electron chi connectivity index (χ4n) is 2.91. The molecule has 0 bridgehead atoms. The van der Waals surface area contributed by atoms with Gasteiger partial charge in [0.05, 0.1) is 5.52 Å². The van der Waals surface area contributed by atoms with Gasteiger partial charge in [-0.15, -0.1) is 0 Å². The molecule has 0 fully saturated rings. The van der Waals surface area contributed by atoms with Crippen molar-refractivity contribution in [1.82, 2.24) is 9.88 Å². The van der Waals surface area contributed by atoms with Crippen molar-refractivity contribution in [2.24, 2.45) is 7.05 Å². The third-order valence-electron chi connectivity index (χ3n) is 4.15. The molecular formula is C16H22N2O2. The van der Waals surface area contributed by atoms with Gasteiger partial charge in [-0.05, 0) is 44.5 Å². The smallest absolute Gasteiger partial charge is 0.231 e. The van der Waals surface area contributed by atoms with E-state index in [-0.39, 0.29) is 0 Å². The number of rotatable bonds is 5. The average molecular weight is 274 g/mol. The van der Waals surface area contributed by atoms with E-state index in [9.17, 15) is 0 Å². The van der Waals surface area contributed by atoms with Crippen molar-refractivity contribution in [2.45, 2.75) is 26.7 Å². The molecule has 0 aliphatic carbocycles. The summed E-state index contributed by atoms with van der Waals surface area (Å²) < 4.78 is 13.2. The third-order valence-corrected chi connectivity index (χ3v) is 4.15. The lowest BCUT2D eigenvalue weighted by Crippen LogP contribution is -2.14. The van der Waals surface area contributed by atoms with Gasteiger partial charge in [0.2, 0.25) is 6.79 Å². The van der Waals surface area contributed by atoms with Gasteiger partial charge in [0, 0.05) is 24.2 Å². The van der Waals surface area contributed by atoms with Gasteiger partial charge < -0.3 is 19.4 Å². The van der Waals surface area contributed by atoms with E-state index in [0.717, 1.165) is 37.4 Å². The van der Waals surface area contributed by atoms with Crippen molar-refractivity contribution in [3.8, 4) is 11.5 Å². The van der Waals surface area contributed by atoms with E-state index in [2.05, 4.69) is 42.9 Å². The second kappa shape index (κ2) is 5.37. The molecule has 0 saturated heterocycles. The first-order valence-corrected chi connectivity index (χ1v) is 7.30. The van der Waals surface area contributed by atoms with Crippen LogP contribution in [0.25, 0.3) is 10.9 Å². The number of hydrogen-bond donors (Lipinski definition) is 1. The zero-order valence-corrected chi connectivity index (χ0v) is 12.5. The minimum atomic E-state index is 0.334. The van der Waals surface area contributed by atoms with Crippen LogP contribution in [0.3, 0.4) is 0 Å². The predicted octanol–water partition coefficient (Wildman–Crippen LogP) is 2.76. The van der Waals surface area contributed by atoms with Crippen molar-refractivity contribution in [3.63, 3.8) is 0 Å². The number of nitrogens with one attached hydrogen (secondary N) is 1. The molecule has 2 aromatic rings. The van der Waals surface area contributed by atoms with E-state index in [1.165, 1.54) is 22.2 Å². The van der Waals surface area contributed by atoms with Crippen molar-refractivity contribution in [3.05, 3.63) is 23.4 Å². The number of fused-ring (bicyclic) bond motifs is 2. The first-order chi connectivity index (χ1) is 9.72. The Kier molecular flexibility index (Phi) is 3.57. The molecule has 20 heavy (non-hydrogen) atoms. The monoisotopic (exact) mass is 274 g/mol. The van der Waals surface area contributed by atoms with Crippen molar-refractivity contribution >= 4 is 10.9 Å². The van der Waals surface area contributed by atoms with Crippen LogP contribution < -0.4 is 14.8 Å². The number of benzene rings is 1. The second-order valence-electron chi connectivity index (χ2n) is 5.30. The lowest BCUT2D eigenvalue weighted by atomic mass is 10.1. The Morgan fingerprint density at radius 2 is 2.00 bits per heavy atom. The van der Waals surface area contributed by atoms with Crippen LogP contribution in [0.15, 0.2) is 12.1 Å². The molecule has 0 amide bonds. The van der Waals surface area contributed by atoms with Gasteiger partial charge in [0.1, 0.15) is 0 Å². The molecular weight excluding hydrogens is 252 g/mol. The zero-order chi connectivity index (χ0) is 14.1. The highest BCUT2D eigenvalue weighted by Crippen LogP contribution is 2.39. The van der Waals surface area contributed by atoms with E-state index < -0.39 is 0 Å². The molecule has 0 radical (unpaired) electrons. The van der Waals surface area contributed by atoms with Crippen LogP contribution in [0.4, 0.5) is 0 Å². The van der Waals surface area contributed by atoms with E-state index >= 15 is 0 Å². The van der Waals surface area contributed by atoms with E-state index in [1.807, 2.05) is 0 Å². The summed E-state index contributed by atoms with van der Waals surface area (Å²) in [7, 11) is 2.12. The molecule has 4 heteroatoms. The highest BCUT2D eigenvalue weighted by atomic mass is 16.7. The first-order valence-electron chi connectivity index (χ1n) is 7.30. The topological polar surface area (TPSA) is 35.4 Å². The van der Waals surface area contributed by atoms with Crippen LogP contribution >= 0.6 is 0 Å². The van der Waals surface area contributed by atoms with Crippen molar-refractivity contribution in [2.75, 3.05) is 19.9 Å². The predicted molar refractivity (Wildman–Crippen MR) is 80.6 cm³/mol. The largest absolute Gasteiger partial charge is 0.454 e. The molecule has 3 rings (SSSR count). The van der Waals surface area contributed by atoms with Crippen molar-refractivity contribution in [1.29, 1.82) is 0 Å². The molecule has 108 valence electrons. The maximum atomic E-state index is 5.51. The molecule has 0 saturated carbocycles. The Morgan fingerprint density at radius 1 is 1.25 bits per heavy atom. The SMILES string of the molecule is CCNCCCc1c(C)n(C)c2cc3c(cc12)OCO3. The van der Waals surface area contributed by atoms with Crippen LogP contribution in [0.1, 0.15) is 24.6 Å². The van der Waals surface area contributed by atoms with E-state index in [0.29, 0.717) is 6.79 Å². The van der Waals surface area contributed by atoms with Crippen LogP contribution in [0, 0.1) is 6.92 Å². The normalized spacial score (nSPS) is 13.3. The van der Waals surface area contributed by atoms with Gasteiger partial charge in [-0.25, -0.2) is 0 Å². The maximum Gasteiger partial charge on any atom is 0.231 e. The standard InChI is InChI=1S/C16H22N2O2/c1-4-17-7-5-6-12-11(2)18(3)14-9-16-15(8-13(12)14)19-10-20-16/h8-9,17H,4-7,10H2,1-3H3. The second-order valence-corrected chi connectivity index (χ2v) is 5.30. The van der Waals surface area contributed by atoms with Crippen LogP contribution in [-0.4, -0.2) is 24.4 Å². The minimum Gasteiger partial charge on any atom is -0.454 e. The van der Waals surface area contributed by atoms with Gasteiger partial charge in [0.15, 0.2) is 11.5 Å². The Morgan fingerprint density at radius 3 is 2.75 bits per heavy atom. The number of aromatic nitrogens is 1. The Balaban J connectivity index is 1.96. The molecule has 0 unspecified atom stereocenters. The summed E-state index contributed by atoms with van der Waals surface area (Å²) in [6, 6.07) is 4.23. The summed E-state index contributed by atoms with van der Waals surface area (Å²) >= 11 is 0. The Labute approximate surface area is 119 Å². The molecule has 1 aliphatic rings. The highest BCUT2D eigenvalue weighted by Gasteiger charge is 2.19. The maximum absolute atomic E-state index is 5.51. The summed E-state index contributed by atoms with van der Waals surface area (Å²) in [5.74, 6) is 1.73. The van der Waals surface area contributed by atoms with Gasteiger partial charge in [-0.3, -0.25) is 0 Å². The van der Waals surface area contributed by atoms with Gasteiger partial charge in [-0.1, -0.05) is 6.92 Å². The molecule has 4 nitrogen and oxygen atoms in total. The summed E-state index contributed by atoms with van der Waals surface area (Å²) in [5.41, 5.74) is 3.99. The summed E-state index contributed by atoms with van der Waals surface area (Å²) in [6.07, 6.45) is 2.25. The molecule has 0 atom stereocenters. The highest BCUT2D eigenvalue weighted by molar-refractivity contribution is 5.89. The lowest BCUT2D eigenvalue weighted by Gasteiger charge is -2.04.